The van der Waals surface area contributed by atoms with Crippen LogP contribution in [-0.2, 0) is 6.42 Å². The van der Waals surface area contributed by atoms with Gasteiger partial charge >= 0.3 is 0 Å². The maximum atomic E-state index is 3.42. The van der Waals surface area contributed by atoms with E-state index in [2.05, 4.69) is 29.6 Å². The van der Waals surface area contributed by atoms with E-state index >= 15 is 0 Å². The Balaban J connectivity index is 2.22. The average Bonchev–Trinajstić information content (AvgIpc) is 2.64. The number of hydrogen-bond donors (Lipinski definition) is 1. The molecule has 1 nitrogen and oxygen atoms in total. The zero-order chi connectivity index (χ0) is 6.55. The lowest BCUT2D eigenvalue weighted by Crippen LogP contribution is -1.95. The zero-order valence-electron chi connectivity index (χ0n) is 5.67. The van der Waals surface area contributed by atoms with Gasteiger partial charge in [-0.2, -0.15) is 0 Å². The summed E-state index contributed by atoms with van der Waals surface area (Å²) in [6, 6.07) is 10.2. The van der Waals surface area contributed by atoms with E-state index in [4.69, 9.17) is 0 Å². The highest BCUT2D eigenvalue weighted by atomic mass is 15.2. The van der Waals surface area contributed by atoms with Crippen LogP contribution in [0.2, 0.25) is 0 Å². The molecule has 1 aromatic rings. The van der Waals surface area contributed by atoms with Crippen LogP contribution >= 0.6 is 0 Å². The Hall–Kier alpha value is -0.820. The first-order valence-corrected chi connectivity index (χ1v) is 3.79. The fraction of sp³-hybridized carbons (Fsp3) is 0.333. The van der Waals surface area contributed by atoms with Crippen molar-refractivity contribution in [2.45, 2.75) is 18.5 Å². The van der Waals surface area contributed by atoms with Crippen molar-refractivity contribution >= 4 is 0 Å². The first-order valence-electron chi connectivity index (χ1n) is 3.79. The van der Waals surface area contributed by atoms with Crippen molar-refractivity contribution in [2.75, 3.05) is 0 Å². The number of fused-ring (bicyclic) bond motifs is 3. The van der Waals surface area contributed by atoms with E-state index in [-0.39, 0.29) is 0 Å². The Bertz CT molecular complexity index is 280. The molecule has 1 aliphatic carbocycles. The molecule has 0 saturated carbocycles. The summed E-state index contributed by atoms with van der Waals surface area (Å²) in [5.74, 6) is 0. The largest absolute Gasteiger partial charge is 0.304 e. The fourth-order valence-corrected chi connectivity index (χ4v) is 1.92. The van der Waals surface area contributed by atoms with Crippen molar-refractivity contribution < 1.29 is 0 Å². The van der Waals surface area contributed by atoms with Crippen LogP contribution in [0, 0.1) is 0 Å². The Kier molecular flexibility index (Phi) is 0.702. The molecule has 2 aliphatic rings. The highest BCUT2D eigenvalue weighted by Crippen LogP contribution is 2.40. The summed E-state index contributed by atoms with van der Waals surface area (Å²) in [5.41, 5.74) is 3.09. The molecule has 0 radical (unpaired) electrons. The molecule has 1 aliphatic heterocycles. The summed E-state index contributed by atoms with van der Waals surface area (Å²) in [6.45, 7) is 0. The number of rotatable bonds is 0. The summed E-state index contributed by atoms with van der Waals surface area (Å²) in [5, 5.41) is 3.42. The number of hydrogen-bond acceptors (Lipinski definition) is 1. The van der Waals surface area contributed by atoms with Gasteiger partial charge in [0.2, 0.25) is 0 Å². The zero-order valence-corrected chi connectivity index (χ0v) is 5.67. The van der Waals surface area contributed by atoms with E-state index < -0.39 is 0 Å². The van der Waals surface area contributed by atoms with Crippen molar-refractivity contribution in [3.8, 4) is 0 Å². The third kappa shape index (κ3) is 0.469. The second kappa shape index (κ2) is 1.43. The van der Waals surface area contributed by atoms with Gasteiger partial charge < -0.3 is 5.32 Å². The van der Waals surface area contributed by atoms with Crippen LogP contribution in [0.15, 0.2) is 24.3 Å². The van der Waals surface area contributed by atoms with E-state index in [1.54, 1.807) is 5.56 Å². The van der Waals surface area contributed by atoms with Crippen LogP contribution in [0.5, 0.6) is 0 Å². The number of benzene rings is 1. The molecular formula is C9H9N. The molecule has 10 heavy (non-hydrogen) atoms. The third-order valence-corrected chi connectivity index (χ3v) is 2.52. The van der Waals surface area contributed by atoms with Gasteiger partial charge in [-0.25, -0.2) is 0 Å². The lowest BCUT2D eigenvalue weighted by Gasteiger charge is -1.98. The first kappa shape index (κ1) is 4.91. The lowest BCUT2D eigenvalue weighted by molar-refractivity contribution is 0.945. The van der Waals surface area contributed by atoms with Gasteiger partial charge in [-0.05, 0) is 17.5 Å². The van der Waals surface area contributed by atoms with Crippen molar-refractivity contribution in [1.82, 2.24) is 5.32 Å². The van der Waals surface area contributed by atoms with Gasteiger partial charge in [-0.3, -0.25) is 0 Å². The summed E-state index contributed by atoms with van der Waals surface area (Å²) in [6.07, 6.45) is 1.25. The van der Waals surface area contributed by atoms with Crippen molar-refractivity contribution in [3.63, 3.8) is 0 Å². The smallest absolute Gasteiger partial charge is 0.0485 e. The van der Waals surface area contributed by atoms with Gasteiger partial charge in [0.05, 0.1) is 0 Å². The fourth-order valence-electron chi connectivity index (χ4n) is 1.92. The second-order valence-corrected chi connectivity index (χ2v) is 3.15. The average molecular weight is 131 g/mol. The monoisotopic (exact) mass is 131 g/mol. The Labute approximate surface area is 60.1 Å². The molecule has 50 valence electrons. The first-order chi connectivity index (χ1) is 4.95. The van der Waals surface area contributed by atoms with Crippen LogP contribution < -0.4 is 5.32 Å². The summed E-state index contributed by atoms with van der Waals surface area (Å²) in [7, 11) is 0. The van der Waals surface area contributed by atoms with Gasteiger partial charge in [0.1, 0.15) is 0 Å². The van der Waals surface area contributed by atoms with Gasteiger partial charge in [0.15, 0.2) is 0 Å². The SMILES string of the molecule is c1ccc2c(c1)CC1NC21. The van der Waals surface area contributed by atoms with Gasteiger partial charge in [-0.15, -0.1) is 0 Å². The molecule has 2 atom stereocenters. The Morgan fingerprint density at radius 3 is 3.10 bits per heavy atom. The quantitative estimate of drug-likeness (QED) is 0.526. The maximum absolute atomic E-state index is 3.42. The molecule has 0 spiro atoms. The minimum Gasteiger partial charge on any atom is -0.304 e. The lowest BCUT2D eigenvalue weighted by atomic mass is 10.1. The van der Waals surface area contributed by atoms with E-state index in [9.17, 15) is 0 Å². The molecular weight excluding hydrogens is 122 g/mol. The molecule has 1 saturated heterocycles. The molecule has 0 bridgehead atoms. The Morgan fingerprint density at radius 1 is 1.30 bits per heavy atom. The van der Waals surface area contributed by atoms with Gasteiger partial charge in [0, 0.05) is 12.1 Å². The Morgan fingerprint density at radius 2 is 2.20 bits per heavy atom. The minimum absolute atomic E-state index is 0.719. The highest BCUT2D eigenvalue weighted by Gasteiger charge is 2.43. The molecule has 1 N–H and O–H groups in total. The predicted molar refractivity (Wildman–Crippen MR) is 39.8 cm³/mol. The normalized spacial score (nSPS) is 33.2. The molecule has 1 aromatic carbocycles. The van der Waals surface area contributed by atoms with E-state index in [0.29, 0.717) is 0 Å². The van der Waals surface area contributed by atoms with Crippen LogP contribution in [-0.4, -0.2) is 6.04 Å². The van der Waals surface area contributed by atoms with Crippen LogP contribution in [0.4, 0.5) is 0 Å². The molecule has 1 heterocycles. The van der Waals surface area contributed by atoms with E-state index in [1.807, 2.05) is 0 Å². The topological polar surface area (TPSA) is 21.9 Å². The second-order valence-electron chi connectivity index (χ2n) is 3.15. The van der Waals surface area contributed by atoms with Crippen LogP contribution in [0.1, 0.15) is 17.2 Å². The van der Waals surface area contributed by atoms with Gasteiger partial charge in [0.25, 0.3) is 0 Å². The molecule has 0 aromatic heterocycles. The minimum atomic E-state index is 0.719. The maximum Gasteiger partial charge on any atom is 0.0485 e. The van der Waals surface area contributed by atoms with E-state index in [1.165, 1.54) is 12.0 Å². The van der Waals surface area contributed by atoms with Crippen molar-refractivity contribution in [1.29, 1.82) is 0 Å². The van der Waals surface area contributed by atoms with Crippen LogP contribution in [0.25, 0.3) is 0 Å². The van der Waals surface area contributed by atoms with Crippen molar-refractivity contribution in [3.05, 3.63) is 35.4 Å². The summed E-state index contributed by atoms with van der Waals surface area (Å²) >= 11 is 0. The van der Waals surface area contributed by atoms with Crippen molar-refractivity contribution in [2.24, 2.45) is 0 Å². The molecule has 1 heteroatoms. The summed E-state index contributed by atoms with van der Waals surface area (Å²) < 4.78 is 0. The summed E-state index contributed by atoms with van der Waals surface area (Å²) in [4.78, 5) is 0. The molecule has 2 unspecified atom stereocenters. The third-order valence-electron chi connectivity index (χ3n) is 2.52. The standard InChI is InChI=1S/C9H9N/c1-2-4-7-6(3-1)5-8-9(7)10-8/h1-4,8-10H,5H2. The highest BCUT2D eigenvalue weighted by molar-refractivity contribution is 5.42. The molecule has 1 fully saturated rings. The van der Waals surface area contributed by atoms with E-state index in [0.717, 1.165) is 12.1 Å². The predicted octanol–water partition coefficient (Wildman–Crippen LogP) is 1.26. The van der Waals surface area contributed by atoms with Crippen LogP contribution in [0.3, 0.4) is 0 Å². The van der Waals surface area contributed by atoms with Gasteiger partial charge in [-0.1, -0.05) is 24.3 Å². The number of nitrogens with one attached hydrogen (secondary N) is 1. The molecule has 3 rings (SSSR count). The molecule has 0 amide bonds.